The number of alkyl halides is 1. The van der Waals surface area contributed by atoms with E-state index in [1.165, 1.54) is 12.1 Å². The van der Waals surface area contributed by atoms with Crippen LogP contribution in [0.1, 0.15) is 19.3 Å². The number of amides is 1. The molecular weight excluding hydrogens is 300 g/mol. The highest BCUT2D eigenvalue weighted by atomic mass is 35.5. The highest BCUT2D eigenvalue weighted by Gasteiger charge is 2.23. The lowest BCUT2D eigenvalue weighted by molar-refractivity contribution is -0.384. The van der Waals surface area contributed by atoms with Gasteiger partial charge in [-0.25, -0.2) is 0 Å². The first kappa shape index (κ1) is 15.4. The molecule has 1 amide bonds. The highest BCUT2D eigenvalue weighted by molar-refractivity contribution is 6.17. The van der Waals surface area contributed by atoms with E-state index < -0.39 is 4.92 Å². The van der Waals surface area contributed by atoms with Crippen molar-refractivity contribution in [1.29, 1.82) is 0 Å². The van der Waals surface area contributed by atoms with E-state index in [2.05, 4.69) is 5.32 Å². The van der Waals surface area contributed by atoms with Gasteiger partial charge in [-0.1, -0.05) is 0 Å². The molecule has 0 saturated heterocycles. The van der Waals surface area contributed by atoms with Gasteiger partial charge in [0, 0.05) is 18.4 Å². The fraction of sp³-hybridized carbons (Fsp3) is 0.462. The second kappa shape index (κ2) is 7.12. The van der Waals surface area contributed by atoms with Gasteiger partial charge in [-0.05, 0) is 12.8 Å². The third-order valence-corrected chi connectivity index (χ3v) is 3.19. The van der Waals surface area contributed by atoms with Crippen LogP contribution in [0.2, 0.25) is 0 Å². The van der Waals surface area contributed by atoms with Crippen LogP contribution < -0.4 is 14.8 Å². The number of benzene rings is 1. The molecule has 1 aromatic carbocycles. The Kier molecular flexibility index (Phi) is 5.21. The first-order valence-corrected chi connectivity index (χ1v) is 7.09. The largest absolute Gasteiger partial charge is 0.486 e. The number of halogens is 1. The number of nitro groups is 1. The zero-order valence-electron chi connectivity index (χ0n) is 11.3. The lowest BCUT2D eigenvalue weighted by atomic mass is 10.2. The zero-order chi connectivity index (χ0) is 15.2. The number of carbonyl (C=O) groups excluding carboxylic acids is 1. The molecule has 0 bridgehead atoms. The summed E-state index contributed by atoms with van der Waals surface area (Å²) in [5.74, 6) is 0.896. The summed E-state index contributed by atoms with van der Waals surface area (Å²) in [5, 5.41) is 13.6. The van der Waals surface area contributed by atoms with Crippen LogP contribution in [0.5, 0.6) is 11.5 Å². The van der Waals surface area contributed by atoms with Crippen molar-refractivity contribution in [2.45, 2.75) is 19.3 Å². The summed E-state index contributed by atoms with van der Waals surface area (Å²) >= 11 is 5.54. The van der Waals surface area contributed by atoms with Crippen molar-refractivity contribution >= 4 is 28.9 Å². The lowest BCUT2D eigenvalue weighted by Gasteiger charge is -2.19. The van der Waals surface area contributed by atoms with Crippen LogP contribution in [0.25, 0.3) is 0 Å². The van der Waals surface area contributed by atoms with Crippen LogP contribution in [0.15, 0.2) is 12.1 Å². The summed E-state index contributed by atoms with van der Waals surface area (Å²) < 4.78 is 10.7. The monoisotopic (exact) mass is 314 g/mol. The van der Waals surface area contributed by atoms with Gasteiger partial charge >= 0.3 is 0 Å². The average molecular weight is 315 g/mol. The Balaban J connectivity index is 2.17. The molecular formula is C13H15ClN2O5. The van der Waals surface area contributed by atoms with Crippen LogP contribution in [-0.2, 0) is 4.79 Å². The third kappa shape index (κ3) is 3.98. The maximum absolute atomic E-state index is 11.8. The first-order chi connectivity index (χ1) is 10.1. The average Bonchev–Trinajstić information content (AvgIpc) is 2.46. The van der Waals surface area contributed by atoms with Gasteiger partial charge < -0.3 is 14.8 Å². The second-order valence-corrected chi connectivity index (χ2v) is 4.84. The summed E-state index contributed by atoms with van der Waals surface area (Å²) in [7, 11) is 0. The van der Waals surface area contributed by atoms with E-state index in [1.807, 2.05) is 0 Å². The molecule has 1 heterocycles. The smallest absolute Gasteiger partial charge is 0.296 e. The van der Waals surface area contributed by atoms with E-state index in [0.29, 0.717) is 37.0 Å². The van der Waals surface area contributed by atoms with Crippen LogP contribution in [0.4, 0.5) is 11.4 Å². The Morgan fingerprint density at radius 2 is 1.95 bits per heavy atom. The molecule has 114 valence electrons. The van der Waals surface area contributed by atoms with Crippen LogP contribution in [0, 0.1) is 10.1 Å². The topological polar surface area (TPSA) is 90.7 Å². The van der Waals surface area contributed by atoms with E-state index in [-0.39, 0.29) is 23.7 Å². The van der Waals surface area contributed by atoms with Crippen molar-refractivity contribution in [3.8, 4) is 11.5 Å². The molecule has 1 N–H and O–H groups in total. The van der Waals surface area contributed by atoms with Crippen LogP contribution in [-0.4, -0.2) is 29.9 Å². The summed E-state index contributed by atoms with van der Waals surface area (Å²) in [5.41, 5.74) is -0.106. The van der Waals surface area contributed by atoms with Crippen LogP contribution in [0.3, 0.4) is 0 Å². The SMILES string of the molecule is O=C(CCCCCl)Nc1cc2c(cc1[N+](=O)[O-])OCCO2. The van der Waals surface area contributed by atoms with Crippen LogP contribution >= 0.6 is 11.6 Å². The predicted octanol–water partition coefficient (Wildman–Crippen LogP) is 2.71. The van der Waals surface area contributed by atoms with Gasteiger partial charge in [0.15, 0.2) is 11.5 Å². The van der Waals surface area contributed by atoms with Gasteiger partial charge in [-0.2, -0.15) is 0 Å². The molecule has 1 aromatic rings. The fourth-order valence-electron chi connectivity index (χ4n) is 1.92. The highest BCUT2D eigenvalue weighted by Crippen LogP contribution is 2.39. The lowest BCUT2D eigenvalue weighted by Crippen LogP contribution is -2.17. The molecule has 7 nitrogen and oxygen atoms in total. The second-order valence-electron chi connectivity index (χ2n) is 4.46. The van der Waals surface area contributed by atoms with Crippen molar-refractivity contribution in [2.24, 2.45) is 0 Å². The van der Waals surface area contributed by atoms with Gasteiger partial charge in [0.1, 0.15) is 18.9 Å². The van der Waals surface area contributed by atoms with Gasteiger partial charge in [-0.15, -0.1) is 11.6 Å². The number of hydrogen-bond acceptors (Lipinski definition) is 5. The van der Waals surface area contributed by atoms with E-state index in [4.69, 9.17) is 21.1 Å². The van der Waals surface area contributed by atoms with Crippen molar-refractivity contribution in [3.05, 3.63) is 22.2 Å². The Hall–Kier alpha value is -2.02. The summed E-state index contributed by atoms with van der Waals surface area (Å²) in [4.78, 5) is 22.3. The molecule has 2 rings (SSSR count). The number of nitrogens with zero attached hydrogens (tertiary/aromatic N) is 1. The van der Waals surface area contributed by atoms with E-state index >= 15 is 0 Å². The van der Waals surface area contributed by atoms with E-state index in [9.17, 15) is 14.9 Å². The minimum Gasteiger partial charge on any atom is -0.486 e. The Morgan fingerprint density at radius 3 is 2.57 bits per heavy atom. The molecule has 0 spiro atoms. The number of unbranched alkanes of at least 4 members (excludes halogenated alkanes) is 1. The van der Waals surface area contributed by atoms with Gasteiger partial charge in [-0.3, -0.25) is 14.9 Å². The Morgan fingerprint density at radius 1 is 1.29 bits per heavy atom. The van der Waals surface area contributed by atoms with E-state index in [1.54, 1.807) is 0 Å². The molecule has 0 aromatic heterocycles. The van der Waals surface area contributed by atoms with Crippen molar-refractivity contribution in [3.63, 3.8) is 0 Å². The molecule has 0 unspecified atom stereocenters. The third-order valence-electron chi connectivity index (χ3n) is 2.92. The molecule has 21 heavy (non-hydrogen) atoms. The molecule has 0 saturated carbocycles. The molecule has 8 heteroatoms. The fourth-order valence-corrected chi connectivity index (χ4v) is 2.11. The predicted molar refractivity (Wildman–Crippen MR) is 77.3 cm³/mol. The Labute approximate surface area is 126 Å². The number of ether oxygens (including phenoxy) is 2. The zero-order valence-corrected chi connectivity index (χ0v) is 12.0. The summed E-state index contributed by atoms with van der Waals surface area (Å²) in [6, 6.07) is 2.69. The molecule has 1 aliphatic rings. The first-order valence-electron chi connectivity index (χ1n) is 6.55. The quantitative estimate of drug-likeness (QED) is 0.377. The number of nitro benzene ring substituents is 1. The van der Waals surface area contributed by atoms with Crippen molar-refractivity contribution in [2.75, 3.05) is 24.4 Å². The summed E-state index contributed by atoms with van der Waals surface area (Å²) in [6.07, 6.45) is 1.62. The molecule has 1 aliphatic heterocycles. The molecule has 0 atom stereocenters. The molecule has 0 radical (unpaired) electrons. The minimum atomic E-state index is -0.563. The van der Waals surface area contributed by atoms with Gasteiger partial charge in [0.2, 0.25) is 5.91 Å². The maximum Gasteiger partial charge on any atom is 0.296 e. The minimum absolute atomic E-state index is 0.111. The number of rotatable bonds is 6. The number of nitrogens with one attached hydrogen (secondary N) is 1. The number of fused-ring (bicyclic) bond motifs is 1. The van der Waals surface area contributed by atoms with Crippen molar-refractivity contribution in [1.82, 2.24) is 0 Å². The van der Waals surface area contributed by atoms with Gasteiger partial charge in [0.25, 0.3) is 5.69 Å². The van der Waals surface area contributed by atoms with Crippen molar-refractivity contribution < 1.29 is 19.2 Å². The van der Waals surface area contributed by atoms with E-state index in [0.717, 1.165) is 6.42 Å². The van der Waals surface area contributed by atoms with Gasteiger partial charge in [0.05, 0.1) is 11.0 Å². The molecule has 0 aliphatic carbocycles. The molecule has 0 fully saturated rings. The standard InChI is InChI=1S/C13H15ClN2O5/c14-4-2-1-3-13(17)15-9-7-11-12(21-6-5-20-11)8-10(9)16(18)19/h7-8H,1-6H2,(H,15,17). The normalized spacial score (nSPS) is 12.8. The number of hydrogen-bond donors (Lipinski definition) is 1. The summed E-state index contributed by atoms with van der Waals surface area (Å²) in [6.45, 7) is 0.711. The maximum atomic E-state index is 11.8. The number of carbonyl (C=O) groups is 1. The Bertz CT molecular complexity index is 550. The number of anilines is 1.